The van der Waals surface area contributed by atoms with Gasteiger partial charge in [0, 0.05) is 5.56 Å². The molecule has 98 valence electrons. The summed E-state index contributed by atoms with van der Waals surface area (Å²) in [5, 5.41) is 18.2. The Kier molecular flexibility index (Phi) is 2.73. The fourth-order valence-corrected chi connectivity index (χ4v) is 2.07. The number of hydrogen-bond donors (Lipinski definition) is 2. The maximum absolute atomic E-state index is 12.6. The van der Waals surface area contributed by atoms with Gasteiger partial charge in [0.2, 0.25) is 0 Å². The normalized spacial score (nSPS) is 17.6. The van der Waals surface area contributed by atoms with Crippen LogP contribution >= 0.6 is 11.6 Å². The summed E-state index contributed by atoms with van der Waals surface area (Å²) < 4.78 is 37.8. The van der Waals surface area contributed by atoms with Gasteiger partial charge in [-0.25, -0.2) is 0 Å². The van der Waals surface area contributed by atoms with E-state index in [1.165, 1.54) is 0 Å². The van der Waals surface area contributed by atoms with Crippen molar-refractivity contribution in [3.63, 3.8) is 0 Å². The molecule has 1 aliphatic rings. The van der Waals surface area contributed by atoms with Gasteiger partial charge < -0.3 is 10.2 Å². The summed E-state index contributed by atoms with van der Waals surface area (Å²) in [6.45, 7) is 0. The van der Waals surface area contributed by atoms with Gasteiger partial charge in [0.05, 0.1) is 16.0 Å². The summed E-state index contributed by atoms with van der Waals surface area (Å²) in [6.07, 6.45) is -4.26. The molecule has 3 nitrogen and oxygen atoms in total. The van der Waals surface area contributed by atoms with Crippen molar-refractivity contribution in [2.75, 3.05) is 0 Å². The van der Waals surface area contributed by atoms with E-state index in [2.05, 4.69) is 0 Å². The molecule has 0 heterocycles. The Balaban J connectivity index is 2.61. The molecule has 1 aromatic carbocycles. The van der Waals surface area contributed by atoms with Gasteiger partial charge in [-0.3, -0.25) is 4.79 Å². The van der Waals surface area contributed by atoms with Crippen molar-refractivity contribution < 1.29 is 28.2 Å². The highest BCUT2D eigenvalue weighted by Crippen LogP contribution is 2.53. The monoisotopic (exact) mass is 280 g/mol. The molecule has 1 saturated carbocycles. The second-order valence-corrected chi connectivity index (χ2v) is 4.65. The maximum atomic E-state index is 12.6. The highest BCUT2D eigenvalue weighted by Gasteiger charge is 2.54. The van der Waals surface area contributed by atoms with Gasteiger partial charge in [0.1, 0.15) is 5.75 Å². The molecule has 0 bridgehead atoms. The smallest absolute Gasteiger partial charge is 0.416 e. The standard InChI is InChI=1S/C11H8ClF3O3/c12-7-4-5(11(13,14)15)3-6(8(7)16)10(1-2-10)9(17)18/h3-4,16H,1-2H2,(H,17,18). The van der Waals surface area contributed by atoms with Gasteiger partial charge in [-0.05, 0) is 25.0 Å². The number of aromatic hydroxyl groups is 1. The second kappa shape index (κ2) is 3.78. The SMILES string of the molecule is O=C(O)C1(c2cc(C(F)(F)F)cc(Cl)c2O)CC1. The molecule has 7 heteroatoms. The first kappa shape index (κ1) is 13.0. The number of phenols is 1. The molecular weight excluding hydrogens is 273 g/mol. The van der Waals surface area contributed by atoms with Gasteiger partial charge in [-0.15, -0.1) is 0 Å². The fourth-order valence-electron chi connectivity index (χ4n) is 1.85. The summed E-state index contributed by atoms with van der Waals surface area (Å²) in [5.41, 5.74) is -2.77. The lowest BCUT2D eigenvalue weighted by Gasteiger charge is -2.16. The zero-order valence-electron chi connectivity index (χ0n) is 8.88. The topological polar surface area (TPSA) is 57.5 Å². The predicted octanol–water partition coefficient (Wildman–Crippen LogP) is 3.18. The van der Waals surface area contributed by atoms with Crippen molar-refractivity contribution in [2.45, 2.75) is 24.4 Å². The van der Waals surface area contributed by atoms with Crippen molar-refractivity contribution in [3.05, 3.63) is 28.3 Å². The highest BCUT2D eigenvalue weighted by atomic mass is 35.5. The Morgan fingerprint density at radius 2 is 1.89 bits per heavy atom. The molecule has 2 rings (SSSR count). The number of alkyl halides is 3. The Morgan fingerprint density at radius 3 is 2.28 bits per heavy atom. The number of phenolic OH excluding ortho intramolecular Hbond substituents is 1. The van der Waals surface area contributed by atoms with E-state index in [9.17, 15) is 23.1 Å². The molecule has 0 aliphatic heterocycles. The number of carbonyl (C=O) groups is 1. The molecule has 1 aliphatic carbocycles. The number of hydrogen-bond acceptors (Lipinski definition) is 2. The number of benzene rings is 1. The summed E-state index contributed by atoms with van der Waals surface area (Å²) in [4.78, 5) is 11.1. The van der Waals surface area contributed by atoms with Crippen LogP contribution < -0.4 is 0 Å². The molecule has 0 amide bonds. The lowest BCUT2D eigenvalue weighted by molar-refractivity contribution is -0.141. The van der Waals surface area contributed by atoms with Crippen molar-refractivity contribution in [1.29, 1.82) is 0 Å². The first-order valence-corrected chi connectivity index (χ1v) is 5.40. The van der Waals surface area contributed by atoms with E-state index in [0.29, 0.717) is 12.1 Å². The molecule has 0 saturated heterocycles. The van der Waals surface area contributed by atoms with Crippen molar-refractivity contribution in [1.82, 2.24) is 0 Å². The number of aliphatic carboxylic acids is 1. The zero-order valence-corrected chi connectivity index (χ0v) is 9.64. The summed E-state index contributed by atoms with van der Waals surface area (Å²) in [5.74, 6) is -1.85. The summed E-state index contributed by atoms with van der Waals surface area (Å²) >= 11 is 5.52. The second-order valence-electron chi connectivity index (χ2n) is 4.24. The van der Waals surface area contributed by atoms with E-state index in [0.717, 1.165) is 0 Å². The van der Waals surface area contributed by atoms with Crippen LogP contribution in [0.4, 0.5) is 13.2 Å². The van der Waals surface area contributed by atoms with Crippen LogP contribution in [0.3, 0.4) is 0 Å². The largest absolute Gasteiger partial charge is 0.506 e. The Hall–Kier alpha value is -1.43. The quantitative estimate of drug-likeness (QED) is 0.875. The third kappa shape index (κ3) is 1.90. The molecule has 0 aromatic heterocycles. The highest BCUT2D eigenvalue weighted by molar-refractivity contribution is 6.32. The van der Waals surface area contributed by atoms with Crippen LogP contribution in [0.25, 0.3) is 0 Å². The maximum Gasteiger partial charge on any atom is 0.416 e. The number of carboxylic acid groups (broad SMARTS) is 1. The van der Waals surface area contributed by atoms with E-state index in [-0.39, 0.29) is 18.4 Å². The van der Waals surface area contributed by atoms with E-state index in [1.807, 2.05) is 0 Å². The van der Waals surface area contributed by atoms with Crippen LogP contribution in [0.5, 0.6) is 5.75 Å². The lowest BCUT2D eigenvalue weighted by atomic mass is 9.93. The van der Waals surface area contributed by atoms with Crippen LogP contribution in [0.15, 0.2) is 12.1 Å². The molecule has 1 fully saturated rings. The molecule has 1 aromatic rings. The number of halogens is 4. The Bertz CT molecular complexity index is 521. The van der Waals surface area contributed by atoms with Gasteiger partial charge in [-0.1, -0.05) is 11.6 Å². The lowest BCUT2D eigenvalue weighted by Crippen LogP contribution is -2.20. The predicted molar refractivity (Wildman–Crippen MR) is 56.7 cm³/mol. The van der Waals surface area contributed by atoms with Crippen LogP contribution in [0.1, 0.15) is 24.0 Å². The molecule has 0 atom stereocenters. The zero-order chi connectivity index (χ0) is 13.7. The number of carboxylic acids is 1. The molecular formula is C11H8ClF3O3. The summed E-state index contributed by atoms with van der Waals surface area (Å²) in [6, 6.07) is 1.24. The minimum Gasteiger partial charge on any atom is -0.506 e. The first-order chi connectivity index (χ1) is 8.18. The molecule has 0 spiro atoms. The van der Waals surface area contributed by atoms with Gasteiger partial charge in [0.25, 0.3) is 0 Å². The molecule has 18 heavy (non-hydrogen) atoms. The molecule has 2 N–H and O–H groups in total. The average Bonchev–Trinajstić information content (AvgIpc) is 3.01. The average molecular weight is 281 g/mol. The molecule has 0 unspecified atom stereocenters. The van der Waals surface area contributed by atoms with Crippen molar-refractivity contribution in [3.8, 4) is 5.75 Å². The van der Waals surface area contributed by atoms with E-state index >= 15 is 0 Å². The van der Waals surface area contributed by atoms with E-state index in [1.54, 1.807) is 0 Å². The number of rotatable bonds is 2. The molecule has 0 radical (unpaired) electrons. The van der Waals surface area contributed by atoms with Crippen molar-refractivity contribution >= 4 is 17.6 Å². The van der Waals surface area contributed by atoms with Crippen LogP contribution in [-0.4, -0.2) is 16.2 Å². The minimum atomic E-state index is -4.64. The van der Waals surface area contributed by atoms with Crippen molar-refractivity contribution in [2.24, 2.45) is 0 Å². The third-order valence-electron chi connectivity index (χ3n) is 3.07. The van der Waals surface area contributed by atoms with Gasteiger partial charge in [0.15, 0.2) is 0 Å². The fraction of sp³-hybridized carbons (Fsp3) is 0.364. The van der Waals surface area contributed by atoms with Crippen LogP contribution in [0, 0.1) is 0 Å². The minimum absolute atomic E-state index is 0.188. The first-order valence-electron chi connectivity index (χ1n) is 5.02. The third-order valence-corrected chi connectivity index (χ3v) is 3.35. The van der Waals surface area contributed by atoms with Crippen LogP contribution in [0.2, 0.25) is 5.02 Å². The van der Waals surface area contributed by atoms with E-state index < -0.39 is 33.9 Å². The van der Waals surface area contributed by atoms with Crippen LogP contribution in [-0.2, 0) is 16.4 Å². The van der Waals surface area contributed by atoms with Gasteiger partial charge >= 0.3 is 12.1 Å². The van der Waals surface area contributed by atoms with Gasteiger partial charge in [-0.2, -0.15) is 13.2 Å². The Morgan fingerprint density at radius 1 is 1.33 bits per heavy atom. The van der Waals surface area contributed by atoms with E-state index in [4.69, 9.17) is 16.7 Å². The Labute approximate surface area is 105 Å². The summed E-state index contributed by atoms with van der Waals surface area (Å²) in [7, 11) is 0.